The molecule has 0 radical (unpaired) electrons. The van der Waals surface area contributed by atoms with Crippen LogP contribution in [-0.4, -0.2) is 0 Å². The smallest absolute Gasteiger partial charge is 0.249 e. The van der Waals surface area contributed by atoms with E-state index in [1.165, 1.54) is 0 Å². The second-order valence-electron chi connectivity index (χ2n) is 8.17. The first-order valence-corrected chi connectivity index (χ1v) is 9.25. The van der Waals surface area contributed by atoms with Crippen molar-refractivity contribution in [1.82, 2.24) is 0 Å². The van der Waals surface area contributed by atoms with Crippen molar-refractivity contribution in [2.24, 2.45) is 5.41 Å². The fourth-order valence-corrected chi connectivity index (χ4v) is 4.85. The van der Waals surface area contributed by atoms with E-state index in [2.05, 4.69) is 52.8 Å². The third-order valence-corrected chi connectivity index (χ3v) is 5.41. The topological polar surface area (TPSA) is 30.2 Å². The highest BCUT2D eigenvalue weighted by Crippen LogP contribution is 2.43. The zero-order chi connectivity index (χ0) is 16.8. The first kappa shape index (κ1) is 16.2. The van der Waals surface area contributed by atoms with Gasteiger partial charge in [0, 0.05) is 16.3 Å². The third-order valence-electron chi connectivity index (χ3n) is 4.28. The normalized spacial score (nSPS) is 13.7. The molecule has 23 heavy (non-hydrogen) atoms. The molecule has 3 rings (SSSR count). The SMILES string of the molecule is CC(C)(C)CC(C)(C)c1cccc2c1o[p+](=O)c1ccccc21. The first-order chi connectivity index (χ1) is 10.7. The molecular weight excluding hydrogens is 303 g/mol. The minimum Gasteiger partial charge on any atom is -0.249 e. The van der Waals surface area contributed by atoms with Gasteiger partial charge in [-0.05, 0) is 33.9 Å². The molecule has 1 heterocycles. The molecule has 120 valence electrons. The quantitative estimate of drug-likeness (QED) is 0.472. The van der Waals surface area contributed by atoms with Crippen LogP contribution in [0.25, 0.3) is 21.5 Å². The van der Waals surface area contributed by atoms with Gasteiger partial charge >= 0.3 is 7.65 Å². The molecule has 0 saturated carbocycles. The third kappa shape index (κ3) is 3.05. The monoisotopic (exact) mass is 327 g/mol. The van der Waals surface area contributed by atoms with Crippen molar-refractivity contribution < 1.29 is 8.76 Å². The predicted molar refractivity (Wildman–Crippen MR) is 98.4 cm³/mol. The van der Waals surface area contributed by atoms with E-state index < -0.39 is 7.65 Å². The molecule has 1 atom stereocenters. The van der Waals surface area contributed by atoms with Crippen molar-refractivity contribution in [2.45, 2.75) is 46.5 Å². The summed E-state index contributed by atoms with van der Waals surface area (Å²) in [5, 5.41) is 2.87. The zero-order valence-corrected chi connectivity index (χ0v) is 15.4. The van der Waals surface area contributed by atoms with E-state index in [0.29, 0.717) is 0 Å². The Balaban J connectivity index is 2.34. The average molecular weight is 327 g/mol. The predicted octanol–water partition coefficient (Wildman–Crippen LogP) is 7.04. The minimum atomic E-state index is -1.84. The Labute approximate surface area is 138 Å². The number of hydrogen-bond acceptors (Lipinski definition) is 2. The maximum atomic E-state index is 12.5. The van der Waals surface area contributed by atoms with Crippen LogP contribution in [0.15, 0.2) is 46.7 Å². The molecule has 0 aliphatic carbocycles. The van der Waals surface area contributed by atoms with Crippen LogP contribution in [-0.2, 0) is 9.98 Å². The molecule has 0 saturated heterocycles. The van der Waals surface area contributed by atoms with Crippen molar-refractivity contribution in [2.75, 3.05) is 0 Å². The number of para-hydroxylation sites is 1. The first-order valence-electron chi connectivity index (χ1n) is 8.07. The van der Waals surface area contributed by atoms with Crippen molar-refractivity contribution >= 4 is 29.1 Å². The summed E-state index contributed by atoms with van der Waals surface area (Å²) in [7, 11) is -1.84. The van der Waals surface area contributed by atoms with Crippen LogP contribution in [0.4, 0.5) is 0 Å². The molecule has 0 spiro atoms. The molecule has 0 aliphatic heterocycles. The highest BCUT2D eigenvalue weighted by molar-refractivity contribution is 7.37. The van der Waals surface area contributed by atoms with Gasteiger partial charge in [0.1, 0.15) is 0 Å². The molecule has 2 nitrogen and oxygen atoms in total. The molecule has 0 bridgehead atoms. The largest absolute Gasteiger partial charge is 0.597 e. The van der Waals surface area contributed by atoms with Crippen LogP contribution < -0.4 is 0 Å². The molecule has 3 heteroatoms. The standard InChI is InChI=1S/C20H24O2P/c1-19(2,3)13-20(4,5)16-11-8-10-15-14-9-6-7-12-17(14)23(21)22-18(15)16/h6-12H,13H2,1-5H3/q+1. The fourth-order valence-electron chi connectivity index (χ4n) is 3.79. The number of benzene rings is 2. The Bertz CT molecular complexity index is 930. The van der Waals surface area contributed by atoms with Crippen molar-refractivity contribution in [3.8, 4) is 0 Å². The lowest BCUT2D eigenvalue weighted by molar-refractivity contribution is 0.284. The van der Waals surface area contributed by atoms with Gasteiger partial charge in [-0.25, -0.2) is 4.20 Å². The van der Waals surface area contributed by atoms with Crippen molar-refractivity contribution in [1.29, 1.82) is 0 Å². The van der Waals surface area contributed by atoms with Gasteiger partial charge < -0.3 is 0 Å². The molecule has 0 aliphatic rings. The molecule has 0 amide bonds. The summed E-state index contributed by atoms with van der Waals surface area (Å²) >= 11 is 0. The average Bonchev–Trinajstić information content (AvgIpc) is 2.44. The number of rotatable bonds is 2. The molecule has 2 aromatic carbocycles. The lowest BCUT2D eigenvalue weighted by Crippen LogP contribution is -2.25. The summed E-state index contributed by atoms with van der Waals surface area (Å²) in [5.41, 5.74) is 2.09. The molecule has 0 N–H and O–H groups in total. The van der Waals surface area contributed by atoms with E-state index in [0.717, 1.165) is 33.5 Å². The van der Waals surface area contributed by atoms with E-state index in [-0.39, 0.29) is 10.8 Å². The van der Waals surface area contributed by atoms with Crippen molar-refractivity contribution in [3.63, 3.8) is 0 Å². The highest BCUT2D eigenvalue weighted by Gasteiger charge is 2.31. The van der Waals surface area contributed by atoms with Crippen LogP contribution in [0.3, 0.4) is 0 Å². The van der Waals surface area contributed by atoms with Gasteiger partial charge in [0.25, 0.3) is 0 Å². The Morgan fingerprint density at radius 2 is 1.57 bits per heavy atom. The van der Waals surface area contributed by atoms with Gasteiger partial charge in [0.2, 0.25) is 5.12 Å². The summed E-state index contributed by atoms with van der Waals surface area (Å²) in [5.74, 6) is 0. The van der Waals surface area contributed by atoms with Gasteiger partial charge in [-0.2, -0.15) is 0 Å². The maximum absolute atomic E-state index is 12.5. The van der Waals surface area contributed by atoms with Crippen LogP contribution in [0.5, 0.6) is 0 Å². The van der Waals surface area contributed by atoms with Gasteiger partial charge in [-0.15, -0.1) is 0 Å². The summed E-state index contributed by atoms with van der Waals surface area (Å²) in [6.45, 7) is 11.2. The van der Waals surface area contributed by atoms with Gasteiger partial charge in [0.15, 0.2) is 5.58 Å². The molecule has 0 fully saturated rings. The van der Waals surface area contributed by atoms with Crippen LogP contribution in [0.1, 0.15) is 46.6 Å². The van der Waals surface area contributed by atoms with Gasteiger partial charge in [-0.3, -0.25) is 0 Å². The molecule has 3 aromatic rings. The van der Waals surface area contributed by atoms with E-state index in [1.807, 2.05) is 24.3 Å². The Hall–Kier alpha value is -1.66. The lowest BCUT2D eigenvalue weighted by atomic mass is 9.72. The summed E-state index contributed by atoms with van der Waals surface area (Å²) in [6.07, 6.45) is 1.03. The van der Waals surface area contributed by atoms with Crippen molar-refractivity contribution in [3.05, 3.63) is 48.0 Å². The van der Waals surface area contributed by atoms with E-state index >= 15 is 0 Å². The van der Waals surface area contributed by atoms with E-state index in [4.69, 9.17) is 4.20 Å². The van der Waals surface area contributed by atoms with Gasteiger partial charge in [0.05, 0.1) is 0 Å². The Kier molecular flexibility index (Phi) is 3.84. The van der Waals surface area contributed by atoms with Crippen LogP contribution in [0.2, 0.25) is 0 Å². The zero-order valence-electron chi connectivity index (χ0n) is 14.5. The minimum absolute atomic E-state index is 0.0496. The molecular formula is C20H24O2P+. The number of hydrogen-bond donors (Lipinski definition) is 0. The Morgan fingerprint density at radius 1 is 0.913 bits per heavy atom. The molecule has 1 unspecified atom stereocenters. The van der Waals surface area contributed by atoms with Crippen LogP contribution in [0, 0.1) is 5.41 Å². The summed E-state index contributed by atoms with van der Waals surface area (Å²) in [4.78, 5) is 0. The Morgan fingerprint density at radius 3 is 2.26 bits per heavy atom. The second kappa shape index (κ2) is 5.46. The lowest BCUT2D eigenvalue weighted by Gasteiger charge is -2.32. The number of fused-ring (bicyclic) bond motifs is 3. The van der Waals surface area contributed by atoms with E-state index in [1.54, 1.807) is 0 Å². The van der Waals surface area contributed by atoms with Gasteiger partial charge in [-0.1, -0.05) is 65.0 Å². The van der Waals surface area contributed by atoms with E-state index in [9.17, 15) is 4.57 Å². The highest BCUT2D eigenvalue weighted by atomic mass is 31.1. The van der Waals surface area contributed by atoms with Crippen LogP contribution >= 0.6 is 7.65 Å². The summed E-state index contributed by atoms with van der Waals surface area (Å²) in [6, 6.07) is 14.1. The second-order valence-corrected chi connectivity index (χ2v) is 9.35. The fraction of sp³-hybridized carbons (Fsp3) is 0.400. The summed E-state index contributed by atoms with van der Waals surface area (Å²) < 4.78 is 18.4. The molecule has 1 aromatic heterocycles. The maximum Gasteiger partial charge on any atom is 0.597 e.